The Kier molecular flexibility index (Phi) is 7.31. The van der Waals surface area contributed by atoms with Gasteiger partial charge in [-0.25, -0.2) is 4.57 Å². The summed E-state index contributed by atoms with van der Waals surface area (Å²) in [6.07, 6.45) is -3.22. The Hall–Kier alpha value is -0.340. The fourth-order valence-corrected chi connectivity index (χ4v) is 1.73. The molecule has 0 amide bonds. The highest BCUT2D eigenvalue weighted by atomic mass is 31.2. The van der Waals surface area contributed by atoms with E-state index in [0.717, 1.165) is 6.92 Å². The van der Waals surface area contributed by atoms with Gasteiger partial charge in [0.2, 0.25) is 0 Å². The van der Waals surface area contributed by atoms with Crippen molar-refractivity contribution in [2.45, 2.75) is 19.1 Å². The van der Waals surface area contributed by atoms with Crippen LogP contribution in [0.1, 0.15) is 6.92 Å². The Morgan fingerprint density at radius 2 is 1.79 bits per heavy atom. The number of Topliss-reactive ketones (excluding diaryl/α,β-unsaturated/α-hetero) is 1. The largest absolute Gasteiger partial charge is 0.472 e. The van der Waals surface area contributed by atoms with Crippen LogP contribution in [-0.2, 0) is 18.4 Å². The molecule has 8 nitrogen and oxygen atoms in total. The molecule has 0 bridgehead atoms. The third-order valence-electron chi connectivity index (χ3n) is 2.21. The van der Waals surface area contributed by atoms with Crippen LogP contribution in [0, 0.1) is 0 Å². The molecule has 0 fully saturated rings. The first-order valence-corrected chi connectivity index (χ1v) is 7.23. The zero-order chi connectivity index (χ0) is 15.3. The first-order valence-electron chi connectivity index (χ1n) is 5.73. The van der Waals surface area contributed by atoms with Gasteiger partial charge >= 0.3 is 7.82 Å². The van der Waals surface area contributed by atoms with Crippen molar-refractivity contribution in [1.29, 1.82) is 0 Å². The van der Waals surface area contributed by atoms with Crippen molar-refractivity contribution < 1.29 is 38.0 Å². The van der Waals surface area contributed by atoms with E-state index >= 15 is 0 Å². The smallest absolute Gasteiger partial charge is 0.388 e. The van der Waals surface area contributed by atoms with Gasteiger partial charge in [0.25, 0.3) is 0 Å². The van der Waals surface area contributed by atoms with Gasteiger partial charge in [-0.1, -0.05) is 0 Å². The minimum Gasteiger partial charge on any atom is -0.388 e. The van der Waals surface area contributed by atoms with Crippen LogP contribution in [-0.4, -0.2) is 78.5 Å². The molecule has 2 unspecified atom stereocenters. The molecular weight excluding hydrogens is 277 g/mol. The molecule has 0 saturated heterocycles. The molecule has 0 radical (unpaired) electrons. The first kappa shape index (κ1) is 18.7. The molecule has 0 aliphatic rings. The number of carbonyl (C=O) groups excluding carboxylic acids is 1. The molecule has 0 heterocycles. The molecular formula is C10H23NO7P+. The van der Waals surface area contributed by atoms with E-state index in [2.05, 4.69) is 4.52 Å². The summed E-state index contributed by atoms with van der Waals surface area (Å²) in [5.41, 5.74) is 0. The number of phosphoric ester groups is 1. The third-order valence-corrected chi connectivity index (χ3v) is 3.19. The van der Waals surface area contributed by atoms with Gasteiger partial charge in [-0.05, 0) is 6.92 Å². The summed E-state index contributed by atoms with van der Waals surface area (Å²) in [4.78, 5) is 20.1. The number of likely N-dealkylation sites (N-methyl/N-ethyl adjacent to an activating group) is 1. The van der Waals surface area contributed by atoms with Crippen molar-refractivity contribution in [3.8, 4) is 0 Å². The molecule has 0 aromatic rings. The second-order valence-electron chi connectivity index (χ2n) is 5.23. The molecule has 0 aliphatic carbocycles. The molecule has 0 rings (SSSR count). The summed E-state index contributed by atoms with van der Waals surface area (Å²) in [5.74, 6) is -0.658. The maximum Gasteiger partial charge on any atom is 0.472 e. The maximum absolute atomic E-state index is 11.4. The molecule has 114 valence electrons. The van der Waals surface area contributed by atoms with E-state index in [1.165, 1.54) is 0 Å². The normalized spacial score (nSPS) is 18.7. The number of hydrogen-bond donors (Lipinski definition) is 3. The lowest BCUT2D eigenvalue weighted by atomic mass is 10.1. The second-order valence-corrected chi connectivity index (χ2v) is 6.69. The number of aliphatic hydroxyl groups is 2. The topological polar surface area (TPSA) is 113 Å². The van der Waals surface area contributed by atoms with Crippen molar-refractivity contribution in [2.75, 3.05) is 40.9 Å². The van der Waals surface area contributed by atoms with Crippen molar-refractivity contribution in [1.82, 2.24) is 0 Å². The summed E-state index contributed by atoms with van der Waals surface area (Å²) in [6, 6.07) is 0. The van der Waals surface area contributed by atoms with Crippen LogP contribution in [0.3, 0.4) is 0 Å². The number of hydrogen-bond acceptors (Lipinski definition) is 6. The van der Waals surface area contributed by atoms with Gasteiger partial charge in [-0.15, -0.1) is 0 Å². The molecule has 3 atom stereocenters. The number of quaternary nitrogens is 1. The molecule has 3 N–H and O–H groups in total. The van der Waals surface area contributed by atoms with E-state index in [-0.39, 0.29) is 6.61 Å². The van der Waals surface area contributed by atoms with E-state index in [1.54, 1.807) is 0 Å². The average molecular weight is 300 g/mol. The fraction of sp³-hybridized carbons (Fsp3) is 0.900. The number of aliphatic hydroxyl groups excluding tert-OH is 2. The highest BCUT2D eigenvalue weighted by molar-refractivity contribution is 7.47. The Morgan fingerprint density at radius 1 is 1.26 bits per heavy atom. The molecule has 0 spiro atoms. The zero-order valence-corrected chi connectivity index (χ0v) is 12.5. The van der Waals surface area contributed by atoms with Gasteiger partial charge in [0.15, 0.2) is 5.78 Å². The standard InChI is InChI=1S/C10H22NO7P/c1-8(12)10(14)9(13)7-18-19(15,16)17-6-5-11(2,3)4/h9-10,13-14H,5-7H2,1-4H3/p+1/t9-,10?/m0/s1. The molecule has 19 heavy (non-hydrogen) atoms. The average Bonchev–Trinajstić information content (AvgIpc) is 2.22. The van der Waals surface area contributed by atoms with E-state index in [4.69, 9.17) is 4.52 Å². The van der Waals surface area contributed by atoms with Gasteiger partial charge < -0.3 is 19.6 Å². The van der Waals surface area contributed by atoms with Crippen molar-refractivity contribution in [3.05, 3.63) is 0 Å². The summed E-state index contributed by atoms with van der Waals surface area (Å²) >= 11 is 0. The van der Waals surface area contributed by atoms with Crippen LogP contribution in [0.15, 0.2) is 0 Å². The molecule has 0 saturated carbocycles. The van der Waals surface area contributed by atoms with E-state index in [0.29, 0.717) is 11.0 Å². The Balaban J connectivity index is 4.10. The predicted octanol–water partition coefficient (Wildman–Crippen LogP) is -0.863. The fourth-order valence-electron chi connectivity index (χ4n) is 1.000. The highest BCUT2D eigenvalue weighted by Gasteiger charge is 2.27. The van der Waals surface area contributed by atoms with Crippen molar-refractivity contribution >= 4 is 13.6 Å². The summed E-state index contributed by atoms with van der Waals surface area (Å²) in [5, 5.41) is 18.5. The summed E-state index contributed by atoms with van der Waals surface area (Å²) < 4.78 is 21.2. The quantitative estimate of drug-likeness (QED) is 0.375. The number of nitrogens with zero attached hydrogens (tertiary/aromatic N) is 1. The second kappa shape index (κ2) is 7.44. The lowest BCUT2D eigenvalue weighted by molar-refractivity contribution is -0.870. The highest BCUT2D eigenvalue weighted by Crippen LogP contribution is 2.43. The van der Waals surface area contributed by atoms with Crippen molar-refractivity contribution in [2.24, 2.45) is 0 Å². The molecule has 0 aliphatic heterocycles. The van der Waals surface area contributed by atoms with Crippen molar-refractivity contribution in [3.63, 3.8) is 0 Å². The molecule has 9 heteroatoms. The Labute approximate surface area is 112 Å². The minimum atomic E-state index is -4.29. The number of ketones is 1. The summed E-state index contributed by atoms with van der Waals surface area (Å²) in [7, 11) is 1.37. The van der Waals surface area contributed by atoms with Crippen LogP contribution in [0.5, 0.6) is 0 Å². The van der Waals surface area contributed by atoms with Crippen LogP contribution in [0.4, 0.5) is 0 Å². The van der Waals surface area contributed by atoms with Gasteiger partial charge in [0.05, 0.1) is 27.7 Å². The third kappa shape index (κ3) is 9.23. The van der Waals surface area contributed by atoms with Gasteiger partial charge in [0.1, 0.15) is 25.4 Å². The number of phosphoric acid groups is 1. The Bertz CT molecular complexity index is 341. The van der Waals surface area contributed by atoms with Crippen LogP contribution >= 0.6 is 7.82 Å². The van der Waals surface area contributed by atoms with Crippen LogP contribution in [0.2, 0.25) is 0 Å². The first-order chi connectivity index (χ1) is 8.44. The Morgan fingerprint density at radius 3 is 2.21 bits per heavy atom. The molecule has 0 aromatic heterocycles. The van der Waals surface area contributed by atoms with Gasteiger partial charge in [-0.2, -0.15) is 0 Å². The zero-order valence-electron chi connectivity index (χ0n) is 11.6. The maximum atomic E-state index is 11.4. The van der Waals surface area contributed by atoms with E-state index in [1.807, 2.05) is 21.1 Å². The molecule has 0 aromatic carbocycles. The van der Waals surface area contributed by atoms with E-state index in [9.17, 15) is 24.5 Å². The lowest BCUT2D eigenvalue weighted by Gasteiger charge is -2.24. The SMILES string of the molecule is CC(=O)C(O)[C@@H](O)COP(=O)(O)OCC[N+](C)(C)C. The lowest BCUT2D eigenvalue weighted by Crippen LogP contribution is -2.37. The van der Waals surface area contributed by atoms with Crippen LogP contribution in [0.25, 0.3) is 0 Å². The number of carbonyl (C=O) groups is 1. The van der Waals surface area contributed by atoms with Gasteiger partial charge in [-0.3, -0.25) is 13.8 Å². The van der Waals surface area contributed by atoms with E-state index < -0.39 is 32.4 Å². The number of rotatable bonds is 9. The minimum absolute atomic E-state index is 0.00261. The predicted molar refractivity (Wildman–Crippen MR) is 67.3 cm³/mol. The summed E-state index contributed by atoms with van der Waals surface area (Å²) in [6.45, 7) is 0.915. The monoisotopic (exact) mass is 300 g/mol. The van der Waals surface area contributed by atoms with Crippen LogP contribution < -0.4 is 0 Å². The van der Waals surface area contributed by atoms with Gasteiger partial charge in [0, 0.05) is 0 Å².